The molecule has 8 heteroatoms. The van der Waals surface area contributed by atoms with E-state index in [4.69, 9.17) is 4.98 Å². The minimum Gasteiger partial charge on any atom is -0.338 e. The van der Waals surface area contributed by atoms with Crippen molar-refractivity contribution >= 4 is 33.7 Å². The summed E-state index contributed by atoms with van der Waals surface area (Å²) in [5.74, 6) is 0.265. The number of carbonyl (C=O) groups is 1. The van der Waals surface area contributed by atoms with Crippen LogP contribution in [0.2, 0.25) is 0 Å². The summed E-state index contributed by atoms with van der Waals surface area (Å²) >= 11 is 0. The van der Waals surface area contributed by atoms with Crippen LogP contribution >= 0.6 is 0 Å². The van der Waals surface area contributed by atoms with Gasteiger partial charge in [-0.15, -0.1) is 0 Å². The number of rotatable bonds is 5. The fourth-order valence-electron chi connectivity index (χ4n) is 3.56. The molecule has 5 rings (SSSR count). The molecule has 0 bridgehead atoms. The molecule has 0 fully saturated rings. The Balaban J connectivity index is 1.51. The number of aromatic nitrogens is 6. The summed E-state index contributed by atoms with van der Waals surface area (Å²) in [5, 5.41) is 11.4. The first kappa shape index (κ1) is 18.9. The van der Waals surface area contributed by atoms with Gasteiger partial charge in [0.15, 0.2) is 0 Å². The second-order valence-corrected chi connectivity index (χ2v) is 7.90. The molecular formula is C23H21N7O. The molecule has 0 saturated carbocycles. The van der Waals surface area contributed by atoms with Crippen LogP contribution < -0.4 is 5.32 Å². The number of fused-ring (bicyclic) bond motifs is 2. The number of nitrogens with zero attached hydrogens (tertiary/aromatic N) is 4. The van der Waals surface area contributed by atoms with Crippen molar-refractivity contribution in [1.82, 2.24) is 30.1 Å². The lowest BCUT2D eigenvalue weighted by Gasteiger charge is -2.08. The monoisotopic (exact) mass is 411 g/mol. The third-order valence-electron chi connectivity index (χ3n) is 4.97. The molecular weight excluding hydrogens is 390 g/mol. The third-order valence-corrected chi connectivity index (χ3v) is 4.97. The maximum atomic E-state index is 12.1. The molecule has 0 radical (unpaired) electrons. The summed E-state index contributed by atoms with van der Waals surface area (Å²) < 4.78 is 0. The van der Waals surface area contributed by atoms with Crippen LogP contribution in [0.1, 0.15) is 20.3 Å². The van der Waals surface area contributed by atoms with Crippen molar-refractivity contribution in [3.63, 3.8) is 0 Å². The lowest BCUT2D eigenvalue weighted by atomic mass is 10.1. The summed E-state index contributed by atoms with van der Waals surface area (Å²) in [7, 11) is 0. The highest BCUT2D eigenvalue weighted by Crippen LogP contribution is 2.29. The van der Waals surface area contributed by atoms with Gasteiger partial charge in [0.05, 0.1) is 28.8 Å². The van der Waals surface area contributed by atoms with Crippen molar-refractivity contribution in [1.29, 1.82) is 0 Å². The Kier molecular flexibility index (Phi) is 4.66. The molecule has 1 amide bonds. The van der Waals surface area contributed by atoms with Gasteiger partial charge in [-0.1, -0.05) is 13.8 Å². The Labute approximate surface area is 178 Å². The van der Waals surface area contributed by atoms with Crippen molar-refractivity contribution in [3.8, 4) is 22.6 Å². The van der Waals surface area contributed by atoms with Crippen LogP contribution in [0.3, 0.4) is 0 Å². The second-order valence-electron chi connectivity index (χ2n) is 7.90. The van der Waals surface area contributed by atoms with E-state index in [-0.39, 0.29) is 5.91 Å². The van der Waals surface area contributed by atoms with Crippen LogP contribution in [0.5, 0.6) is 0 Å². The van der Waals surface area contributed by atoms with E-state index in [1.165, 1.54) is 0 Å². The third kappa shape index (κ3) is 3.75. The highest BCUT2D eigenvalue weighted by molar-refractivity contribution is 5.94. The van der Waals surface area contributed by atoms with Gasteiger partial charge in [0, 0.05) is 29.8 Å². The number of carbonyl (C=O) groups excluding carboxylic acids is 1. The lowest BCUT2D eigenvalue weighted by Crippen LogP contribution is -2.13. The standard InChI is InChI=1S/C23H21N7O/c1-13(2)8-20(31)26-16-9-15(11-24-12-16)17-5-6-18-21(27-17)22(30-29-18)19-10-14-4-3-7-25-23(14)28-19/h3-7,9-13H,8H2,1-2H3,(H,25,28)(H,26,31)(H,29,30). The molecule has 0 aliphatic carbocycles. The van der Waals surface area contributed by atoms with E-state index in [0.717, 1.165) is 44.7 Å². The van der Waals surface area contributed by atoms with Crippen LogP contribution in [0.4, 0.5) is 5.69 Å². The molecule has 154 valence electrons. The lowest BCUT2D eigenvalue weighted by molar-refractivity contribution is -0.116. The minimum absolute atomic E-state index is 0.0260. The van der Waals surface area contributed by atoms with Gasteiger partial charge < -0.3 is 10.3 Å². The van der Waals surface area contributed by atoms with Gasteiger partial charge in [-0.2, -0.15) is 5.10 Å². The summed E-state index contributed by atoms with van der Waals surface area (Å²) in [6.45, 7) is 4.03. The minimum atomic E-state index is -0.0260. The van der Waals surface area contributed by atoms with E-state index < -0.39 is 0 Å². The van der Waals surface area contributed by atoms with Gasteiger partial charge in [0.2, 0.25) is 5.91 Å². The number of nitrogens with one attached hydrogen (secondary N) is 3. The average Bonchev–Trinajstić information content (AvgIpc) is 3.36. The number of hydrogen-bond donors (Lipinski definition) is 3. The maximum Gasteiger partial charge on any atom is 0.224 e. The largest absolute Gasteiger partial charge is 0.338 e. The van der Waals surface area contributed by atoms with Crippen molar-refractivity contribution in [2.75, 3.05) is 5.32 Å². The first-order valence-electron chi connectivity index (χ1n) is 10.1. The first-order chi connectivity index (χ1) is 15.1. The fourth-order valence-corrected chi connectivity index (χ4v) is 3.56. The van der Waals surface area contributed by atoms with Gasteiger partial charge >= 0.3 is 0 Å². The van der Waals surface area contributed by atoms with Gasteiger partial charge in [0.1, 0.15) is 16.9 Å². The van der Waals surface area contributed by atoms with E-state index in [1.807, 2.05) is 50.2 Å². The van der Waals surface area contributed by atoms with Crippen molar-refractivity contribution in [2.45, 2.75) is 20.3 Å². The van der Waals surface area contributed by atoms with Crippen LogP contribution in [0, 0.1) is 5.92 Å². The van der Waals surface area contributed by atoms with E-state index in [9.17, 15) is 4.79 Å². The summed E-state index contributed by atoms with van der Waals surface area (Å²) in [5.41, 5.74) is 6.17. The average molecular weight is 411 g/mol. The first-order valence-corrected chi connectivity index (χ1v) is 10.1. The SMILES string of the molecule is CC(C)CC(=O)Nc1cncc(-c2ccc3[nH]nc(-c4cc5cccnc5[nH]4)c3n2)c1. The van der Waals surface area contributed by atoms with Crippen LogP contribution in [0.25, 0.3) is 44.7 Å². The Hall–Kier alpha value is -4.07. The quantitative estimate of drug-likeness (QED) is 0.393. The topological polar surface area (TPSA) is 112 Å². The normalized spacial score (nSPS) is 11.5. The number of pyridine rings is 3. The molecule has 0 aromatic carbocycles. The van der Waals surface area contributed by atoms with Crippen molar-refractivity contribution in [2.24, 2.45) is 5.92 Å². The summed E-state index contributed by atoms with van der Waals surface area (Å²) in [6.07, 6.45) is 5.59. The maximum absolute atomic E-state index is 12.1. The molecule has 0 aliphatic rings. The second kappa shape index (κ2) is 7.64. The summed E-state index contributed by atoms with van der Waals surface area (Å²) in [4.78, 5) is 28.9. The highest BCUT2D eigenvalue weighted by atomic mass is 16.1. The molecule has 3 N–H and O–H groups in total. The Bertz CT molecular complexity index is 1370. The molecule has 5 aromatic heterocycles. The van der Waals surface area contributed by atoms with E-state index in [1.54, 1.807) is 18.6 Å². The van der Waals surface area contributed by atoms with E-state index in [2.05, 4.69) is 30.5 Å². The van der Waals surface area contributed by atoms with Crippen molar-refractivity contribution < 1.29 is 4.79 Å². The highest BCUT2D eigenvalue weighted by Gasteiger charge is 2.14. The van der Waals surface area contributed by atoms with Gasteiger partial charge in [-0.25, -0.2) is 9.97 Å². The Morgan fingerprint density at radius 2 is 2.06 bits per heavy atom. The molecule has 8 nitrogen and oxygen atoms in total. The zero-order chi connectivity index (χ0) is 21.4. The number of hydrogen-bond acceptors (Lipinski definition) is 5. The molecule has 5 heterocycles. The predicted octanol–water partition coefficient (Wildman–Crippen LogP) is 4.55. The fraction of sp³-hybridized carbons (Fsp3) is 0.174. The molecule has 5 aromatic rings. The molecule has 0 atom stereocenters. The van der Waals surface area contributed by atoms with Gasteiger partial charge in [-0.05, 0) is 42.3 Å². The van der Waals surface area contributed by atoms with E-state index in [0.29, 0.717) is 18.0 Å². The molecule has 31 heavy (non-hydrogen) atoms. The number of H-pyrrole nitrogens is 2. The Morgan fingerprint density at radius 3 is 2.90 bits per heavy atom. The molecule has 0 saturated heterocycles. The number of anilines is 1. The molecule has 0 unspecified atom stereocenters. The zero-order valence-electron chi connectivity index (χ0n) is 17.2. The van der Waals surface area contributed by atoms with Crippen LogP contribution in [-0.4, -0.2) is 36.0 Å². The number of aromatic amines is 2. The summed E-state index contributed by atoms with van der Waals surface area (Å²) in [6, 6.07) is 11.7. The predicted molar refractivity (Wildman–Crippen MR) is 120 cm³/mol. The smallest absolute Gasteiger partial charge is 0.224 e. The van der Waals surface area contributed by atoms with Crippen LogP contribution in [0.15, 0.2) is 55.0 Å². The molecule has 0 aliphatic heterocycles. The van der Waals surface area contributed by atoms with Crippen LogP contribution in [-0.2, 0) is 4.79 Å². The molecule has 0 spiro atoms. The van der Waals surface area contributed by atoms with Gasteiger partial charge in [-0.3, -0.25) is 14.9 Å². The van der Waals surface area contributed by atoms with Crippen molar-refractivity contribution in [3.05, 3.63) is 55.0 Å². The van der Waals surface area contributed by atoms with E-state index >= 15 is 0 Å². The number of amides is 1. The Morgan fingerprint density at radius 1 is 1.16 bits per heavy atom. The van der Waals surface area contributed by atoms with Gasteiger partial charge in [0.25, 0.3) is 0 Å². The zero-order valence-corrected chi connectivity index (χ0v) is 17.2.